The van der Waals surface area contributed by atoms with Gasteiger partial charge in [0.1, 0.15) is 17.3 Å². The number of nitrogens with two attached hydrogens (primary N) is 3. The van der Waals surface area contributed by atoms with E-state index in [1.54, 1.807) is 0 Å². The summed E-state index contributed by atoms with van der Waals surface area (Å²) in [7, 11) is 1.50. The molecule has 1 amide bonds. The summed E-state index contributed by atoms with van der Waals surface area (Å²) in [5, 5.41) is 3.36. The Hall–Kier alpha value is -4.67. The summed E-state index contributed by atoms with van der Waals surface area (Å²) in [6.07, 6.45) is 5.51. The van der Waals surface area contributed by atoms with Crippen LogP contribution in [0.3, 0.4) is 0 Å². The molecule has 0 bridgehead atoms. The van der Waals surface area contributed by atoms with Crippen molar-refractivity contribution in [3.8, 4) is 22.9 Å². The van der Waals surface area contributed by atoms with Gasteiger partial charge in [0.15, 0.2) is 0 Å². The number of benzene rings is 3. The first kappa shape index (κ1) is 33.2. The highest BCUT2D eigenvalue weighted by Crippen LogP contribution is 2.33. The lowest BCUT2D eigenvalue weighted by molar-refractivity contribution is 0.0766. The third-order valence-corrected chi connectivity index (χ3v) is 7.43. The molecule has 10 heteroatoms. The molecule has 3 aromatic carbocycles. The third-order valence-electron chi connectivity index (χ3n) is 7.43. The highest BCUT2D eigenvalue weighted by atomic mass is 16.5. The number of nitrogens with zero attached hydrogens (tertiary/aromatic N) is 4. The Bertz CT molecular complexity index is 1580. The topological polar surface area (TPSA) is 150 Å². The average molecular weight is 611 g/mol. The molecule has 45 heavy (non-hydrogen) atoms. The van der Waals surface area contributed by atoms with Gasteiger partial charge in [0.25, 0.3) is 5.91 Å². The number of amides is 1. The van der Waals surface area contributed by atoms with E-state index < -0.39 is 0 Å². The highest BCUT2D eigenvalue weighted by molar-refractivity contribution is 5.98. The fourth-order valence-corrected chi connectivity index (χ4v) is 5.07. The summed E-state index contributed by atoms with van der Waals surface area (Å²) in [5.74, 6) is 2.38. The van der Waals surface area contributed by atoms with Gasteiger partial charge in [0, 0.05) is 43.0 Å². The first-order valence-electron chi connectivity index (χ1n) is 15.6. The van der Waals surface area contributed by atoms with Crippen molar-refractivity contribution in [3.63, 3.8) is 0 Å². The van der Waals surface area contributed by atoms with Crippen molar-refractivity contribution in [3.05, 3.63) is 89.6 Å². The smallest absolute Gasteiger partial charge is 0.253 e. The zero-order valence-corrected chi connectivity index (χ0v) is 26.4. The monoisotopic (exact) mass is 610 g/mol. The third kappa shape index (κ3) is 9.17. The maximum atomic E-state index is 13.3. The number of para-hydroxylation sites is 1. The second kappa shape index (κ2) is 17.0. The Morgan fingerprint density at radius 1 is 1.00 bits per heavy atom. The Labute approximate surface area is 266 Å². The highest BCUT2D eigenvalue weighted by Gasteiger charge is 2.22. The van der Waals surface area contributed by atoms with Crippen LogP contribution in [-0.2, 0) is 6.54 Å². The van der Waals surface area contributed by atoms with Crippen LogP contribution in [-0.4, -0.2) is 66.5 Å². The first-order valence-corrected chi connectivity index (χ1v) is 15.6. The molecule has 238 valence electrons. The summed E-state index contributed by atoms with van der Waals surface area (Å²) < 4.78 is 8.24. The van der Waals surface area contributed by atoms with Crippen LogP contribution in [0.4, 0.5) is 0 Å². The van der Waals surface area contributed by atoms with Crippen LogP contribution < -0.4 is 27.3 Å². The maximum Gasteiger partial charge on any atom is 0.253 e. The minimum absolute atomic E-state index is 0.0552. The summed E-state index contributed by atoms with van der Waals surface area (Å²) in [5.41, 5.74) is 21.5. The quantitative estimate of drug-likeness (QED) is 0.164. The van der Waals surface area contributed by atoms with E-state index in [1.807, 2.05) is 77.7 Å². The van der Waals surface area contributed by atoms with E-state index in [4.69, 9.17) is 21.2 Å². The fourth-order valence-electron chi connectivity index (χ4n) is 5.07. The number of fused-ring (bicyclic) bond motifs is 1. The number of nitrogens with one attached hydrogen (secondary N) is 1. The lowest BCUT2D eigenvalue weighted by Crippen LogP contribution is -2.34. The summed E-state index contributed by atoms with van der Waals surface area (Å²) in [4.78, 5) is 24.0. The molecule has 2 aliphatic rings. The number of ether oxygens (including phenoxy) is 1. The van der Waals surface area contributed by atoms with E-state index in [9.17, 15) is 4.79 Å². The van der Waals surface area contributed by atoms with Gasteiger partial charge in [-0.15, -0.1) is 0 Å². The molecule has 10 nitrogen and oxygen atoms in total. The predicted molar refractivity (Wildman–Crippen MR) is 183 cm³/mol. The largest absolute Gasteiger partial charge is 0.457 e. The van der Waals surface area contributed by atoms with Gasteiger partial charge in [0.05, 0.1) is 23.9 Å². The molecule has 1 aromatic heterocycles. The number of rotatable bonds is 8. The zero-order valence-electron chi connectivity index (χ0n) is 26.4. The zero-order chi connectivity index (χ0) is 32.0. The Morgan fingerprint density at radius 2 is 1.78 bits per heavy atom. The normalized spacial score (nSPS) is 14.2. The van der Waals surface area contributed by atoms with Gasteiger partial charge in [0.2, 0.25) is 0 Å². The summed E-state index contributed by atoms with van der Waals surface area (Å²) in [6.45, 7) is 6.74. The Morgan fingerprint density at radius 3 is 2.49 bits per heavy atom. The van der Waals surface area contributed by atoms with Crippen LogP contribution in [0.5, 0.6) is 11.5 Å². The van der Waals surface area contributed by atoms with E-state index in [-0.39, 0.29) is 5.91 Å². The summed E-state index contributed by atoms with van der Waals surface area (Å²) in [6, 6.07) is 23.5. The number of imidazole rings is 1. The fraction of sp³-hybridized carbons (Fsp3) is 0.343. The molecular weight excluding hydrogens is 564 g/mol. The Balaban J connectivity index is 0.000000519. The second-order valence-electron chi connectivity index (χ2n) is 10.7. The number of aromatic nitrogens is 2. The van der Waals surface area contributed by atoms with Gasteiger partial charge >= 0.3 is 0 Å². The van der Waals surface area contributed by atoms with E-state index >= 15 is 0 Å². The lowest BCUT2D eigenvalue weighted by atomic mass is 10.1. The van der Waals surface area contributed by atoms with E-state index in [0.29, 0.717) is 12.1 Å². The molecular formula is C35H46N8O2. The van der Waals surface area contributed by atoms with Crippen molar-refractivity contribution < 1.29 is 9.53 Å². The number of hydrogen-bond donors (Lipinski definition) is 4. The molecule has 0 radical (unpaired) electrons. The summed E-state index contributed by atoms with van der Waals surface area (Å²) >= 11 is 0. The van der Waals surface area contributed by atoms with Gasteiger partial charge < -0.3 is 36.7 Å². The standard InChI is InChI=1S/C30H31N5O2.C4H10N2.CH5N/c31-26(21-10-11-21)20-35-28-13-12-23(30(36)34-16-5-14-32-15-17-34)19-27(28)33-29(35)22-6-4-9-25(18-22)37-24-7-2-1-3-8-24;1-2-3-6-4-5;1-2/h1-4,6-9,12-13,18-19,32H,5,10-11,14-17,20,31H2;4H,2-3H2,1H3,(H2,5,6);2H2,1H3. The van der Waals surface area contributed by atoms with E-state index in [1.165, 1.54) is 19.0 Å². The van der Waals surface area contributed by atoms with Crippen molar-refractivity contribution in [2.45, 2.75) is 39.2 Å². The minimum Gasteiger partial charge on any atom is -0.457 e. The minimum atomic E-state index is 0.0552. The molecule has 0 atom stereocenters. The maximum absolute atomic E-state index is 13.3. The molecule has 4 aromatic rings. The molecule has 2 heterocycles. The SMILES string of the molecule is CCCN=CN.CN.NC(Cn1c(-c2cccc(Oc3ccccc3)c2)nc2cc(C(=O)N3CCCNCC3)ccc21)=C1CC1. The molecule has 1 aliphatic heterocycles. The van der Waals surface area contributed by atoms with Gasteiger partial charge in [-0.2, -0.15) is 0 Å². The van der Waals surface area contributed by atoms with E-state index in [2.05, 4.69) is 27.5 Å². The van der Waals surface area contributed by atoms with Crippen LogP contribution in [0.25, 0.3) is 22.4 Å². The van der Waals surface area contributed by atoms with Gasteiger partial charge in [-0.3, -0.25) is 9.79 Å². The van der Waals surface area contributed by atoms with Crippen LogP contribution in [0.1, 0.15) is 43.0 Å². The lowest BCUT2D eigenvalue weighted by Gasteiger charge is -2.20. The Kier molecular flexibility index (Phi) is 12.5. The van der Waals surface area contributed by atoms with Crippen LogP contribution >= 0.6 is 0 Å². The number of allylic oxidation sites excluding steroid dienone is 2. The van der Waals surface area contributed by atoms with Crippen molar-refractivity contribution in [2.24, 2.45) is 22.2 Å². The van der Waals surface area contributed by atoms with Crippen LogP contribution in [0, 0.1) is 0 Å². The molecule has 2 fully saturated rings. The van der Waals surface area contributed by atoms with Crippen molar-refractivity contribution in [1.82, 2.24) is 19.8 Å². The first-order chi connectivity index (χ1) is 22.1. The van der Waals surface area contributed by atoms with Crippen molar-refractivity contribution in [1.29, 1.82) is 0 Å². The molecule has 1 saturated carbocycles. The molecule has 1 aliphatic carbocycles. The molecule has 1 saturated heterocycles. The average Bonchev–Trinajstić information content (AvgIpc) is 3.91. The number of aliphatic imine (C=N–C) groups is 1. The number of carbonyl (C=O) groups excluding carboxylic acids is 1. The van der Waals surface area contributed by atoms with Crippen molar-refractivity contribution in [2.75, 3.05) is 39.8 Å². The van der Waals surface area contributed by atoms with Crippen molar-refractivity contribution >= 4 is 23.3 Å². The van der Waals surface area contributed by atoms with Crippen LogP contribution in [0.15, 0.2) is 89.1 Å². The van der Waals surface area contributed by atoms with Crippen LogP contribution in [0.2, 0.25) is 0 Å². The van der Waals surface area contributed by atoms with Gasteiger partial charge in [-0.05, 0) is 87.3 Å². The van der Waals surface area contributed by atoms with Gasteiger partial charge in [-0.1, -0.05) is 37.3 Å². The van der Waals surface area contributed by atoms with E-state index in [0.717, 1.165) is 98.0 Å². The molecule has 7 N–H and O–H groups in total. The van der Waals surface area contributed by atoms with Gasteiger partial charge in [-0.25, -0.2) is 4.98 Å². The number of carbonyl (C=O) groups is 1. The number of hydrogen-bond acceptors (Lipinski definition) is 7. The molecule has 6 rings (SSSR count). The molecule has 0 unspecified atom stereocenters. The second-order valence-corrected chi connectivity index (χ2v) is 10.7. The molecule has 0 spiro atoms. The predicted octanol–water partition coefficient (Wildman–Crippen LogP) is 4.90.